The summed E-state index contributed by atoms with van der Waals surface area (Å²) in [5, 5.41) is 19.5. The monoisotopic (exact) mass is 364 g/mol. The van der Waals surface area contributed by atoms with E-state index < -0.39 is 5.41 Å². The molecular formula is C24H25FO2. The SMILES string of the molecule is CCCCCC(c1ccc(O)cc1)(c1ccc(O)cc1)c1ccc(F)cc1. The molecule has 0 saturated heterocycles. The van der Waals surface area contributed by atoms with Gasteiger partial charge < -0.3 is 10.2 Å². The van der Waals surface area contributed by atoms with Gasteiger partial charge in [-0.2, -0.15) is 0 Å². The van der Waals surface area contributed by atoms with Crippen LogP contribution in [0.25, 0.3) is 0 Å². The number of phenolic OH excluding ortho intramolecular Hbond substituents is 2. The van der Waals surface area contributed by atoms with Crippen molar-refractivity contribution in [3.8, 4) is 11.5 Å². The number of unbranched alkanes of at least 4 members (excludes halogenated alkanes) is 2. The van der Waals surface area contributed by atoms with Crippen molar-refractivity contribution in [2.75, 3.05) is 0 Å². The van der Waals surface area contributed by atoms with Crippen molar-refractivity contribution in [1.29, 1.82) is 0 Å². The molecule has 3 aromatic carbocycles. The zero-order chi connectivity index (χ0) is 19.3. The molecule has 0 atom stereocenters. The maximum atomic E-state index is 13.6. The van der Waals surface area contributed by atoms with Crippen LogP contribution in [-0.4, -0.2) is 10.2 Å². The molecule has 0 heterocycles. The number of benzene rings is 3. The van der Waals surface area contributed by atoms with Crippen molar-refractivity contribution in [3.05, 3.63) is 95.3 Å². The number of aromatic hydroxyl groups is 2. The van der Waals surface area contributed by atoms with Crippen molar-refractivity contribution in [3.63, 3.8) is 0 Å². The second-order valence-corrected chi connectivity index (χ2v) is 6.96. The van der Waals surface area contributed by atoms with Crippen LogP contribution in [0.15, 0.2) is 72.8 Å². The van der Waals surface area contributed by atoms with Gasteiger partial charge in [0, 0.05) is 5.41 Å². The Balaban J connectivity index is 2.23. The molecule has 3 aromatic rings. The van der Waals surface area contributed by atoms with Crippen LogP contribution in [0.5, 0.6) is 11.5 Å². The first kappa shape index (κ1) is 19.0. The van der Waals surface area contributed by atoms with Crippen LogP contribution < -0.4 is 0 Å². The third kappa shape index (κ3) is 3.97. The molecule has 0 spiro atoms. The first-order valence-corrected chi connectivity index (χ1v) is 9.41. The Bertz CT molecular complexity index is 741. The Morgan fingerprint density at radius 1 is 0.667 bits per heavy atom. The predicted octanol–water partition coefficient (Wildman–Crippen LogP) is 6.15. The fraction of sp³-hybridized carbons (Fsp3) is 0.250. The minimum absolute atomic E-state index is 0.214. The molecule has 3 heteroatoms. The van der Waals surface area contributed by atoms with Gasteiger partial charge in [-0.25, -0.2) is 4.39 Å². The largest absolute Gasteiger partial charge is 0.508 e. The first-order valence-electron chi connectivity index (χ1n) is 9.41. The van der Waals surface area contributed by atoms with Crippen LogP contribution in [-0.2, 0) is 5.41 Å². The molecule has 0 radical (unpaired) electrons. The third-order valence-electron chi connectivity index (χ3n) is 5.21. The van der Waals surface area contributed by atoms with Crippen molar-refractivity contribution in [2.45, 2.75) is 38.0 Å². The van der Waals surface area contributed by atoms with Crippen molar-refractivity contribution in [1.82, 2.24) is 0 Å². The average Bonchev–Trinajstić information content (AvgIpc) is 2.68. The van der Waals surface area contributed by atoms with Gasteiger partial charge in [-0.15, -0.1) is 0 Å². The molecule has 140 valence electrons. The van der Waals surface area contributed by atoms with E-state index in [4.69, 9.17) is 0 Å². The predicted molar refractivity (Wildman–Crippen MR) is 107 cm³/mol. The average molecular weight is 364 g/mol. The summed E-state index contributed by atoms with van der Waals surface area (Å²) in [7, 11) is 0. The minimum atomic E-state index is -0.482. The van der Waals surface area contributed by atoms with E-state index in [9.17, 15) is 14.6 Å². The van der Waals surface area contributed by atoms with Gasteiger partial charge in [-0.1, -0.05) is 62.6 Å². The van der Waals surface area contributed by atoms with Crippen LogP contribution in [0.1, 0.15) is 49.3 Å². The van der Waals surface area contributed by atoms with E-state index in [1.807, 2.05) is 36.4 Å². The Hall–Kier alpha value is -2.81. The summed E-state index contributed by atoms with van der Waals surface area (Å²) in [6.07, 6.45) is 4.06. The van der Waals surface area contributed by atoms with E-state index in [0.717, 1.165) is 42.4 Å². The second kappa shape index (κ2) is 8.26. The molecule has 0 fully saturated rings. The molecule has 0 aromatic heterocycles. The normalized spacial score (nSPS) is 11.5. The lowest BCUT2D eigenvalue weighted by Gasteiger charge is -2.36. The van der Waals surface area contributed by atoms with E-state index in [-0.39, 0.29) is 17.3 Å². The zero-order valence-electron chi connectivity index (χ0n) is 15.5. The molecule has 0 amide bonds. The summed E-state index contributed by atoms with van der Waals surface area (Å²) in [5.74, 6) is 0.162. The van der Waals surface area contributed by atoms with Crippen molar-refractivity contribution >= 4 is 0 Å². The Labute approximate surface area is 159 Å². The summed E-state index contributed by atoms with van der Waals surface area (Å²) in [6, 6.07) is 21.1. The number of rotatable bonds is 7. The van der Waals surface area contributed by atoms with E-state index >= 15 is 0 Å². The van der Waals surface area contributed by atoms with E-state index in [0.29, 0.717) is 0 Å². The van der Waals surface area contributed by atoms with Gasteiger partial charge in [0.2, 0.25) is 0 Å². The smallest absolute Gasteiger partial charge is 0.123 e. The van der Waals surface area contributed by atoms with Crippen LogP contribution in [0.2, 0.25) is 0 Å². The molecule has 0 aliphatic carbocycles. The Morgan fingerprint density at radius 3 is 1.48 bits per heavy atom. The lowest BCUT2D eigenvalue weighted by Crippen LogP contribution is -2.29. The van der Waals surface area contributed by atoms with Gasteiger partial charge in [0.05, 0.1) is 0 Å². The maximum absolute atomic E-state index is 13.6. The van der Waals surface area contributed by atoms with Crippen LogP contribution in [0.3, 0.4) is 0 Å². The first-order chi connectivity index (χ1) is 13.1. The quantitative estimate of drug-likeness (QED) is 0.390. The minimum Gasteiger partial charge on any atom is -0.508 e. The summed E-state index contributed by atoms with van der Waals surface area (Å²) < 4.78 is 13.6. The zero-order valence-corrected chi connectivity index (χ0v) is 15.5. The number of phenols is 2. The second-order valence-electron chi connectivity index (χ2n) is 6.96. The summed E-state index contributed by atoms with van der Waals surface area (Å²) >= 11 is 0. The third-order valence-corrected chi connectivity index (χ3v) is 5.21. The topological polar surface area (TPSA) is 40.5 Å². The molecule has 0 saturated carbocycles. The van der Waals surface area contributed by atoms with Gasteiger partial charge in [0.1, 0.15) is 17.3 Å². The molecule has 0 aliphatic rings. The molecular weight excluding hydrogens is 339 g/mol. The molecule has 2 nitrogen and oxygen atoms in total. The van der Waals surface area contributed by atoms with Crippen molar-refractivity contribution in [2.24, 2.45) is 0 Å². The standard InChI is InChI=1S/C24H25FO2/c1-2-3-4-17-24(18-5-11-21(25)12-6-18,19-7-13-22(26)14-8-19)20-9-15-23(27)16-10-20/h5-16,26-27H,2-4,17H2,1H3. The van der Waals surface area contributed by atoms with Crippen LogP contribution in [0, 0.1) is 5.82 Å². The summed E-state index contributed by atoms with van der Waals surface area (Å²) in [5.41, 5.74) is 2.59. The Kier molecular flexibility index (Phi) is 5.80. The van der Waals surface area contributed by atoms with E-state index in [1.54, 1.807) is 24.3 Å². The number of hydrogen-bond donors (Lipinski definition) is 2. The molecule has 0 aliphatic heterocycles. The fourth-order valence-corrected chi connectivity index (χ4v) is 3.80. The Morgan fingerprint density at radius 2 is 1.07 bits per heavy atom. The molecule has 0 unspecified atom stereocenters. The molecule has 0 bridgehead atoms. The highest BCUT2D eigenvalue weighted by atomic mass is 19.1. The lowest BCUT2D eigenvalue weighted by atomic mass is 9.66. The summed E-state index contributed by atoms with van der Waals surface area (Å²) in [4.78, 5) is 0. The molecule has 3 rings (SSSR count). The number of halogens is 1. The van der Waals surface area contributed by atoms with Gasteiger partial charge >= 0.3 is 0 Å². The molecule has 27 heavy (non-hydrogen) atoms. The van der Waals surface area contributed by atoms with Gasteiger partial charge in [0.15, 0.2) is 0 Å². The molecule has 2 N–H and O–H groups in total. The highest BCUT2D eigenvalue weighted by Crippen LogP contribution is 2.44. The highest BCUT2D eigenvalue weighted by Gasteiger charge is 2.35. The van der Waals surface area contributed by atoms with E-state index in [1.165, 1.54) is 12.1 Å². The van der Waals surface area contributed by atoms with E-state index in [2.05, 4.69) is 6.92 Å². The van der Waals surface area contributed by atoms with Crippen LogP contribution in [0.4, 0.5) is 4.39 Å². The van der Waals surface area contributed by atoms with Gasteiger partial charge in [-0.05, 0) is 59.5 Å². The van der Waals surface area contributed by atoms with Crippen molar-refractivity contribution < 1.29 is 14.6 Å². The number of hydrogen-bond acceptors (Lipinski definition) is 2. The van der Waals surface area contributed by atoms with Gasteiger partial charge in [-0.3, -0.25) is 0 Å². The fourth-order valence-electron chi connectivity index (χ4n) is 3.80. The maximum Gasteiger partial charge on any atom is 0.123 e. The summed E-state index contributed by atoms with van der Waals surface area (Å²) in [6.45, 7) is 2.17. The highest BCUT2D eigenvalue weighted by molar-refractivity contribution is 5.52. The van der Waals surface area contributed by atoms with Gasteiger partial charge in [0.25, 0.3) is 0 Å². The van der Waals surface area contributed by atoms with Crippen LogP contribution >= 0.6 is 0 Å². The lowest BCUT2D eigenvalue weighted by molar-refractivity contribution is 0.471.